The van der Waals surface area contributed by atoms with Gasteiger partial charge in [-0.05, 0) is 106 Å². The smallest absolute Gasteiger partial charge is 0.151 e. The monoisotopic (exact) mass is 432 g/mol. The van der Waals surface area contributed by atoms with E-state index in [-0.39, 0.29) is 16.7 Å². The number of hydrogen-bond acceptors (Lipinski definition) is 5. The Morgan fingerprint density at radius 3 is 2.68 bits per heavy atom. The van der Waals surface area contributed by atoms with Crippen LogP contribution in [0.15, 0.2) is 0 Å². The van der Waals surface area contributed by atoms with Crippen molar-refractivity contribution in [1.82, 2.24) is 10.4 Å². The summed E-state index contributed by atoms with van der Waals surface area (Å²) >= 11 is 0. The van der Waals surface area contributed by atoms with E-state index in [2.05, 4.69) is 17.4 Å². The van der Waals surface area contributed by atoms with E-state index in [1.54, 1.807) is 0 Å². The highest BCUT2D eigenvalue weighted by Gasteiger charge is 2.63. The predicted molar refractivity (Wildman–Crippen MR) is 121 cm³/mol. The van der Waals surface area contributed by atoms with Crippen LogP contribution in [0.4, 0.5) is 0 Å². The molecular weight excluding hydrogens is 388 g/mol. The average molecular weight is 433 g/mol. The second-order valence-corrected chi connectivity index (χ2v) is 12.3. The van der Waals surface area contributed by atoms with Crippen LogP contribution in [-0.4, -0.2) is 54.9 Å². The number of rotatable bonds is 5. The first kappa shape index (κ1) is 22.3. The lowest BCUT2D eigenvalue weighted by atomic mass is 9.43. The topological polar surface area (TPSA) is 61.8 Å². The Hall–Kier alpha value is -0.490. The van der Waals surface area contributed by atoms with Crippen molar-refractivity contribution in [3.63, 3.8) is 0 Å². The van der Waals surface area contributed by atoms with Crippen molar-refractivity contribution in [3.8, 4) is 0 Å². The molecule has 2 N–H and O–H groups in total. The largest absolute Gasteiger partial charge is 0.390 e. The van der Waals surface area contributed by atoms with Gasteiger partial charge in [-0.15, -0.1) is 0 Å². The molecule has 5 aliphatic rings. The number of fused-ring (bicyclic) bond motifs is 5. The number of hydrogen-bond donors (Lipinski definition) is 2. The van der Waals surface area contributed by atoms with E-state index in [0.29, 0.717) is 30.1 Å². The third-order valence-corrected chi connectivity index (χ3v) is 10.7. The Bertz CT molecular complexity index is 690. The van der Waals surface area contributed by atoms with Gasteiger partial charge in [0.2, 0.25) is 0 Å². The van der Waals surface area contributed by atoms with Gasteiger partial charge in [0.05, 0.1) is 18.8 Å². The Kier molecular flexibility index (Phi) is 5.81. The fraction of sp³-hybridized carbons (Fsp3) is 0.962. The molecule has 2 unspecified atom stereocenters. The van der Waals surface area contributed by atoms with E-state index in [9.17, 15) is 9.90 Å². The number of ether oxygens (including phenoxy) is 1. The van der Waals surface area contributed by atoms with Gasteiger partial charge >= 0.3 is 0 Å². The summed E-state index contributed by atoms with van der Waals surface area (Å²) in [6, 6.07) is 0. The first-order valence-corrected chi connectivity index (χ1v) is 13.0. The van der Waals surface area contributed by atoms with Crippen LogP contribution >= 0.6 is 0 Å². The average Bonchev–Trinajstić information content (AvgIpc) is 3.35. The molecule has 4 aliphatic carbocycles. The minimum absolute atomic E-state index is 0.180. The van der Waals surface area contributed by atoms with Crippen LogP contribution in [-0.2, 0) is 9.53 Å². The van der Waals surface area contributed by atoms with Crippen molar-refractivity contribution in [2.24, 2.45) is 40.4 Å². The minimum Gasteiger partial charge on any atom is -0.390 e. The minimum atomic E-state index is -0.508. The molecule has 5 rings (SSSR count). The number of nitrogens with one attached hydrogen (secondary N) is 1. The predicted octanol–water partition coefficient (Wildman–Crippen LogP) is 3.80. The van der Waals surface area contributed by atoms with Gasteiger partial charge in [0.15, 0.2) is 5.78 Å². The molecule has 0 aromatic rings. The van der Waals surface area contributed by atoms with Crippen LogP contribution in [0.2, 0.25) is 0 Å². The standard InChI is InChI=1S/C26H44N2O3/c1-24(30)11-12-26(17-31-3)18(15-24)5-6-19-20-7-8-22(25(20,2)10-9-21(19)26)23(29)16-28-14-4-13-27-28/h18-22,27,30H,4-17H2,1-3H3/t18?,19-,20-,21?,22+,24+,25-,26+/m0/s1. The third kappa shape index (κ3) is 3.62. The number of Topliss-reactive ketones (excluding diaryl/α,β-unsaturated/α-hetero) is 1. The van der Waals surface area contributed by atoms with Gasteiger partial charge in [0, 0.05) is 26.1 Å². The van der Waals surface area contributed by atoms with Crippen molar-refractivity contribution in [2.75, 3.05) is 33.4 Å². The van der Waals surface area contributed by atoms with Gasteiger partial charge in [-0.1, -0.05) is 6.92 Å². The molecule has 1 aliphatic heterocycles. The van der Waals surface area contributed by atoms with Gasteiger partial charge in [-0.3, -0.25) is 10.2 Å². The Morgan fingerprint density at radius 2 is 1.94 bits per heavy atom. The number of carbonyl (C=O) groups is 1. The number of ketones is 1. The van der Waals surface area contributed by atoms with Crippen LogP contribution in [0.5, 0.6) is 0 Å². The lowest BCUT2D eigenvalue weighted by Crippen LogP contribution is -2.58. The zero-order valence-corrected chi connectivity index (χ0v) is 20.0. The first-order valence-electron chi connectivity index (χ1n) is 13.0. The van der Waals surface area contributed by atoms with Crippen LogP contribution in [0, 0.1) is 40.4 Å². The molecule has 0 spiro atoms. The van der Waals surface area contributed by atoms with Crippen LogP contribution in [0.25, 0.3) is 0 Å². The summed E-state index contributed by atoms with van der Waals surface area (Å²) < 4.78 is 5.88. The highest BCUT2D eigenvalue weighted by Crippen LogP contribution is 2.68. The maximum atomic E-state index is 13.4. The van der Waals surface area contributed by atoms with E-state index in [1.807, 2.05) is 14.0 Å². The van der Waals surface area contributed by atoms with Crippen molar-refractivity contribution in [1.29, 1.82) is 0 Å². The molecule has 5 heteroatoms. The summed E-state index contributed by atoms with van der Waals surface area (Å²) in [6.45, 7) is 7.95. The van der Waals surface area contributed by atoms with Crippen LogP contribution < -0.4 is 5.43 Å². The molecular formula is C26H44N2O3. The van der Waals surface area contributed by atoms with E-state index < -0.39 is 5.60 Å². The van der Waals surface area contributed by atoms with E-state index >= 15 is 0 Å². The molecule has 176 valence electrons. The molecule has 0 aromatic carbocycles. The molecule has 8 atom stereocenters. The normalized spacial score (nSPS) is 50.0. The second kappa shape index (κ2) is 8.07. The highest BCUT2D eigenvalue weighted by atomic mass is 16.5. The molecule has 31 heavy (non-hydrogen) atoms. The van der Waals surface area contributed by atoms with E-state index in [1.165, 1.54) is 32.1 Å². The van der Waals surface area contributed by atoms with Crippen molar-refractivity contribution in [3.05, 3.63) is 0 Å². The van der Waals surface area contributed by atoms with E-state index in [0.717, 1.165) is 57.7 Å². The lowest BCUT2D eigenvalue weighted by Gasteiger charge is -2.62. The number of methoxy groups -OCH3 is 1. The van der Waals surface area contributed by atoms with Gasteiger partial charge in [-0.25, -0.2) is 5.01 Å². The van der Waals surface area contributed by atoms with Crippen LogP contribution in [0.3, 0.4) is 0 Å². The summed E-state index contributed by atoms with van der Waals surface area (Å²) in [5.41, 5.74) is 3.29. The Balaban J connectivity index is 1.36. The van der Waals surface area contributed by atoms with Gasteiger partial charge in [0.1, 0.15) is 0 Å². The summed E-state index contributed by atoms with van der Waals surface area (Å²) in [5, 5.41) is 13.0. The summed E-state index contributed by atoms with van der Waals surface area (Å²) in [5.74, 6) is 3.42. The molecule has 0 radical (unpaired) electrons. The summed E-state index contributed by atoms with van der Waals surface area (Å²) in [4.78, 5) is 13.4. The van der Waals surface area contributed by atoms with Gasteiger partial charge in [-0.2, -0.15) is 0 Å². The molecule has 1 saturated heterocycles. The number of carbonyl (C=O) groups excluding carboxylic acids is 1. The Morgan fingerprint density at radius 1 is 1.10 bits per heavy atom. The van der Waals surface area contributed by atoms with Gasteiger partial charge in [0.25, 0.3) is 0 Å². The lowest BCUT2D eigenvalue weighted by molar-refractivity contribution is -0.175. The molecule has 0 bridgehead atoms. The van der Waals surface area contributed by atoms with Crippen molar-refractivity contribution >= 4 is 5.78 Å². The Labute approximate surface area is 188 Å². The summed E-state index contributed by atoms with van der Waals surface area (Å²) in [7, 11) is 1.87. The first-order chi connectivity index (χ1) is 14.8. The SMILES string of the molecule is COC[C@]12CC[C@@](C)(O)CC1CC[C@@H]1C2CC[C@]2(C)[C@@H](C(=O)CN3CCCN3)CC[C@@H]12. The van der Waals surface area contributed by atoms with Crippen molar-refractivity contribution in [2.45, 2.75) is 83.7 Å². The molecule has 5 fully saturated rings. The third-order valence-electron chi connectivity index (χ3n) is 10.7. The van der Waals surface area contributed by atoms with E-state index in [4.69, 9.17) is 4.74 Å². The summed E-state index contributed by atoms with van der Waals surface area (Å²) in [6.07, 6.45) is 11.4. The highest BCUT2D eigenvalue weighted by molar-refractivity contribution is 5.84. The quantitative estimate of drug-likeness (QED) is 0.692. The second-order valence-electron chi connectivity index (χ2n) is 12.3. The maximum absolute atomic E-state index is 13.4. The molecule has 5 nitrogen and oxygen atoms in total. The maximum Gasteiger partial charge on any atom is 0.151 e. The zero-order chi connectivity index (χ0) is 21.9. The number of nitrogens with zero attached hydrogens (tertiary/aromatic N) is 1. The van der Waals surface area contributed by atoms with Gasteiger partial charge < -0.3 is 9.84 Å². The fourth-order valence-electron chi connectivity index (χ4n) is 9.33. The molecule has 4 saturated carbocycles. The zero-order valence-electron chi connectivity index (χ0n) is 20.0. The number of hydrazine groups is 1. The number of aliphatic hydroxyl groups is 1. The van der Waals surface area contributed by atoms with Crippen LogP contribution in [0.1, 0.15) is 78.1 Å². The fourth-order valence-corrected chi connectivity index (χ4v) is 9.33. The molecule has 1 heterocycles. The van der Waals surface area contributed by atoms with Crippen molar-refractivity contribution < 1.29 is 14.6 Å². The molecule has 0 amide bonds. The molecule has 0 aromatic heterocycles.